The van der Waals surface area contributed by atoms with Crippen LogP contribution in [0.15, 0.2) is 18.2 Å². The fourth-order valence-corrected chi connectivity index (χ4v) is 2.50. The topological polar surface area (TPSA) is 56.1 Å². The van der Waals surface area contributed by atoms with E-state index in [1.54, 1.807) is 7.05 Å². The minimum absolute atomic E-state index is 0.0209. The van der Waals surface area contributed by atoms with Gasteiger partial charge in [-0.05, 0) is 43.1 Å². The lowest BCUT2D eigenvalue weighted by atomic mass is 10.1. The van der Waals surface area contributed by atoms with Crippen molar-refractivity contribution < 1.29 is 9.18 Å². The number of nitrogens with one attached hydrogen (secondary N) is 1. The van der Waals surface area contributed by atoms with Gasteiger partial charge in [0.05, 0.1) is 17.7 Å². The first-order chi connectivity index (χ1) is 9.15. The summed E-state index contributed by atoms with van der Waals surface area (Å²) in [5, 5.41) is 11.7. The molecule has 1 unspecified atom stereocenters. The Balaban J connectivity index is 2.19. The van der Waals surface area contributed by atoms with Crippen molar-refractivity contribution in [1.82, 2.24) is 10.2 Å². The lowest BCUT2D eigenvalue weighted by Gasteiger charge is -2.23. The standard InChI is InChI=1S/C14H16FN3O/c1-17-14(19)13-3-2-6-18(13)9-11-7-12(15)5-4-10(11)8-16/h4-5,7,13H,2-3,6,9H2,1H3,(H,17,19). The third kappa shape index (κ3) is 2.91. The lowest BCUT2D eigenvalue weighted by molar-refractivity contribution is -0.125. The van der Waals surface area contributed by atoms with Gasteiger partial charge in [-0.1, -0.05) is 0 Å². The van der Waals surface area contributed by atoms with Crippen molar-refractivity contribution in [2.75, 3.05) is 13.6 Å². The zero-order chi connectivity index (χ0) is 13.8. The number of carbonyl (C=O) groups excluding carboxylic acids is 1. The predicted molar refractivity (Wildman–Crippen MR) is 68.6 cm³/mol. The molecular formula is C14H16FN3O. The number of nitriles is 1. The van der Waals surface area contributed by atoms with Crippen molar-refractivity contribution in [3.8, 4) is 6.07 Å². The number of carbonyl (C=O) groups is 1. The predicted octanol–water partition coefficient (Wildman–Crippen LogP) is 1.41. The van der Waals surface area contributed by atoms with Gasteiger partial charge in [-0.15, -0.1) is 0 Å². The highest BCUT2D eigenvalue weighted by atomic mass is 19.1. The Morgan fingerprint density at radius 1 is 1.63 bits per heavy atom. The van der Waals surface area contributed by atoms with Crippen molar-refractivity contribution in [3.05, 3.63) is 35.1 Å². The minimum atomic E-state index is -0.357. The largest absolute Gasteiger partial charge is 0.358 e. The van der Waals surface area contributed by atoms with Crippen LogP contribution >= 0.6 is 0 Å². The highest BCUT2D eigenvalue weighted by Gasteiger charge is 2.30. The number of benzene rings is 1. The first-order valence-corrected chi connectivity index (χ1v) is 6.30. The average Bonchev–Trinajstić information content (AvgIpc) is 2.86. The third-order valence-electron chi connectivity index (χ3n) is 3.47. The van der Waals surface area contributed by atoms with E-state index in [0.29, 0.717) is 17.7 Å². The fourth-order valence-electron chi connectivity index (χ4n) is 2.50. The highest BCUT2D eigenvalue weighted by Crippen LogP contribution is 2.22. The average molecular weight is 261 g/mol. The van der Waals surface area contributed by atoms with E-state index in [1.807, 2.05) is 4.90 Å². The summed E-state index contributed by atoms with van der Waals surface area (Å²) in [6.45, 7) is 1.22. The van der Waals surface area contributed by atoms with Gasteiger partial charge in [0.2, 0.25) is 5.91 Å². The lowest BCUT2D eigenvalue weighted by Crippen LogP contribution is -2.41. The second kappa shape index (κ2) is 5.81. The Morgan fingerprint density at radius 2 is 2.42 bits per heavy atom. The molecule has 1 atom stereocenters. The molecule has 1 fully saturated rings. The summed E-state index contributed by atoms with van der Waals surface area (Å²) < 4.78 is 13.3. The quantitative estimate of drug-likeness (QED) is 0.895. The number of likely N-dealkylation sites (N-methyl/N-ethyl adjacent to an activating group) is 1. The van der Waals surface area contributed by atoms with E-state index in [4.69, 9.17) is 5.26 Å². The molecule has 1 N–H and O–H groups in total. The van der Waals surface area contributed by atoms with Gasteiger partial charge >= 0.3 is 0 Å². The molecule has 0 aromatic heterocycles. The molecule has 1 amide bonds. The molecule has 1 aliphatic heterocycles. The molecule has 4 nitrogen and oxygen atoms in total. The van der Waals surface area contributed by atoms with Crippen LogP contribution < -0.4 is 5.32 Å². The van der Waals surface area contributed by atoms with E-state index in [-0.39, 0.29) is 17.8 Å². The number of hydrogen-bond acceptors (Lipinski definition) is 3. The minimum Gasteiger partial charge on any atom is -0.358 e. The molecule has 0 spiro atoms. The van der Waals surface area contributed by atoms with E-state index in [2.05, 4.69) is 11.4 Å². The van der Waals surface area contributed by atoms with Crippen LogP contribution in [0.4, 0.5) is 4.39 Å². The Hall–Kier alpha value is -1.93. The zero-order valence-corrected chi connectivity index (χ0v) is 10.8. The van der Waals surface area contributed by atoms with E-state index in [1.165, 1.54) is 18.2 Å². The van der Waals surface area contributed by atoms with Gasteiger partial charge in [-0.2, -0.15) is 5.26 Å². The Labute approximate surface area is 111 Å². The summed E-state index contributed by atoms with van der Waals surface area (Å²) in [6, 6.07) is 6.01. The molecule has 1 aromatic carbocycles. The van der Waals surface area contributed by atoms with Gasteiger partial charge in [0.25, 0.3) is 0 Å². The van der Waals surface area contributed by atoms with Crippen molar-refractivity contribution in [3.63, 3.8) is 0 Å². The highest BCUT2D eigenvalue weighted by molar-refractivity contribution is 5.81. The van der Waals surface area contributed by atoms with Crippen molar-refractivity contribution in [2.24, 2.45) is 0 Å². The summed E-state index contributed by atoms with van der Waals surface area (Å²) in [4.78, 5) is 13.7. The molecule has 1 saturated heterocycles. The van der Waals surface area contributed by atoms with Gasteiger partial charge in [0, 0.05) is 13.6 Å². The van der Waals surface area contributed by atoms with Crippen LogP contribution in [-0.4, -0.2) is 30.4 Å². The van der Waals surface area contributed by atoms with Gasteiger partial charge in [0.1, 0.15) is 5.82 Å². The number of amides is 1. The SMILES string of the molecule is CNC(=O)C1CCCN1Cc1cc(F)ccc1C#N. The maximum Gasteiger partial charge on any atom is 0.237 e. The summed E-state index contributed by atoms with van der Waals surface area (Å²) in [5.74, 6) is -0.378. The van der Waals surface area contributed by atoms with Crippen molar-refractivity contribution >= 4 is 5.91 Å². The Morgan fingerprint density at radius 3 is 3.11 bits per heavy atom. The first-order valence-electron chi connectivity index (χ1n) is 6.30. The van der Waals surface area contributed by atoms with Gasteiger partial charge in [-0.25, -0.2) is 4.39 Å². The fraction of sp³-hybridized carbons (Fsp3) is 0.429. The van der Waals surface area contributed by atoms with Crippen LogP contribution in [0.2, 0.25) is 0 Å². The van der Waals surface area contributed by atoms with Crippen LogP contribution in [0.1, 0.15) is 24.0 Å². The second-order valence-corrected chi connectivity index (χ2v) is 4.66. The molecule has 2 rings (SSSR count). The third-order valence-corrected chi connectivity index (χ3v) is 3.47. The van der Waals surface area contributed by atoms with Crippen LogP contribution in [-0.2, 0) is 11.3 Å². The molecule has 19 heavy (non-hydrogen) atoms. The zero-order valence-electron chi connectivity index (χ0n) is 10.8. The molecule has 1 aromatic rings. The second-order valence-electron chi connectivity index (χ2n) is 4.66. The molecule has 1 aliphatic rings. The van der Waals surface area contributed by atoms with Crippen LogP contribution in [0, 0.1) is 17.1 Å². The number of hydrogen-bond donors (Lipinski definition) is 1. The molecule has 0 aliphatic carbocycles. The summed E-state index contributed by atoms with van der Waals surface area (Å²) in [7, 11) is 1.61. The van der Waals surface area contributed by atoms with E-state index in [9.17, 15) is 9.18 Å². The summed E-state index contributed by atoms with van der Waals surface area (Å²) in [6.07, 6.45) is 1.74. The maximum atomic E-state index is 13.3. The van der Waals surface area contributed by atoms with Gasteiger partial charge in [-0.3, -0.25) is 9.69 Å². The summed E-state index contributed by atoms with van der Waals surface area (Å²) in [5.41, 5.74) is 1.10. The molecule has 5 heteroatoms. The van der Waals surface area contributed by atoms with E-state index < -0.39 is 0 Å². The van der Waals surface area contributed by atoms with Crippen molar-refractivity contribution in [2.45, 2.75) is 25.4 Å². The summed E-state index contributed by atoms with van der Waals surface area (Å²) >= 11 is 0. The normalized spacial score (nSPS) is 19.1. The Kier molecular flexibility index (Phi) is 4.13. The molecule has 1 heterocycles. The number of likely N-dealkylation sites (tertiary alicyclic amines) is 1. The molecule has 0 bridgehead atoms. The van der Waals surface area contributed by atoms with Crippen molar-refractivity contribution in [1.29, 1.82) is 5.26 Å². The van der Waals surface area contributed by atoms with E-state index >= 15 is 0 Å². The number of rotatable bonds is 3. The van der Waals surface area contributed by atoms with Crippen LogP contribution in [0.25, 0.3) is 0 Å². The number of halogens is 1. The first kappa shape index (κ1) is 13.5. The molecule has 0 saturated carbocycles. The molecular weight excluding hydrogens is 245 g/mol. The Bertz CT molecular complexity index is 524. The molecule has 0 radical (unpaired) electrons. The van der Waals surface area contributed by atoms with Gasteiger partial charge < -0.3 is 5.32 Å². The number of nitrogens with zero attached hydrogens (tertiary/aromatic N) is 2. The van der Waals surface area contributed by atoms with Crippen LogP contribution in [0.3, 0.4) is 0 Å². The van der Waals surface area contributed by atoms with E-state index in [0.717, 1.165) is 19.4 Å². The monoisotopic (exact) mass is 261 g/mol. The van der Waals surface area contributed by atoms with Gasteiger partial charge in [0.15, 0.2) is 0 Å². The molecule has 100 valence electrons. The smallest absolute Gasteiger partial charge is 0.237 e. The maximum absolute atomic E-state index is 13.3. The van der Waals surface area contributed by atoms with Crippen LogP contribution in [0.5, 0.6) is 0 Å².